The molecule has 1 saturated heterocycles. The van der Waals surface area contributed by atoms with Crippen LogP contribution in [-0.2, 0) is 11.3 Å². The molecule has 0 aromatic carbocycles. The first-order chi connectivity index (χ1) is 9.16. The first-order valence-electron chi connectivity index (χ1n) is 7.13. The van der Waals surface area contributed by atoms with Gasteiger partial charge in [0.1, 0.15) is 0 Å². The molecule has 2 rings (SSSR count). The highest BCUT2D eigenvalue weighted by atomic mass is 16.5. The summed E-state index contributed by atoms with van der Waals surface area (Å²) in [6.07, 6.45) is 3.01. The maximum absolute atomic E-state index is 5.45. The molecule has 1 aliphatic heterocycles. The summed E-state index contributed by atoms with van der Waals surface area (Å²) in [5, 5.41) is 3.43. The quantitative estimate of drug-likeness (QED) is 0.852. The van der Waals surface area contributed by atoms with E-state index in [9.17, 15) is 0 Å². The molecule has 1 fully saturated rings. The van der Waals surface area contributed by atoms with Crippen molar-refractivity contribution >= 4 is 5.69 Å². The van der Waals surface area contributed by atoms with Crippen molar-refractivity contribution in [1.82, 2.24) is 10.3 Å². The summed E-state index contributed by atoms with van der Waals surface area (Å²) in [5.74, 6) is 0.668. The van der Waals surface area contributed by atoms with Gasteiger partial charge in [-0.15, -0.1) is 0 Å². The van der Waals surface area contributed by atoms with Gasteiger partial charge in [0.2, 0.25) is 0 Å². The van der Waals surface area contributed by atoms with Gasteiger partial charge in [0.15, 0.2) is 0 Å². The van der Waals surface area contributed by atoms with Crippen molar-refractivity contribution in [2.24, 2.45) is 5.92 Å². The molecule has 4 nitrogen and oxygen atoms in total. The fourth-order valence-electron chi connectivity index (χ4n) is 2.31. The molecule has 1 aromatic rings. The predicted molar refractivity (Wildman–Crippen MR) is 78.4 cm³/mol. The molecule has 1 aromatic heterocycles. The molecule has 19 heavy (non-hydrogen) atoms. The lowest BCUT2D eigenvalue weighted by Crippen LogP contribution is -2.32. The van der Waals surface area contributed by atoms with E-state index < -0.39 is 0 Å². The Bertz CT molecular complexity index is 389. The highest BCUT2D eigenvalue weighted by Gasteiger charge is 2.20. The van der Waals surface area contributed by atoms with Crippen molar-refractivity contribution in [2.75, 3.05) is 31.7 Å². The molecule has 0 radical (unpaired) electrons. The van der Waals surface area contributed by atoms with E-state index in [1.165, 1.54) is 5.69 Å². The van der Waals surface area contributed by atoms with Crippen LogP contribution >= 0.6 is 0 Å². The molecule has 0 bridgehead atoms. The lowest BCUT2D eigenvalue weighted by atomic mass is 10.2. The molecule has 0 amide bonds. The van der Waals surface area contributed by atoms with E-state index in [0.29, 0.717) is 12.0 Å². The molecular formula is C15H25N3O. The van der Waals surface area contributed by atoms with Crippen molar-refractivity contribution < 1.29 is 4.74 Å². The Morgan fingerprint density at radius 3 is 3.05 bits per heavy atom. The van der Waals surface area contributed by atoms with Crippen LogP contribution in [0, 0.1) is 5.92 Å². The molecule has 4 heteroatoms. The number of anilines is 1. The molecule has 0 spiro atoms. The fourth-order valence-corrected chi connectivity index (χ4v) is 2.31. The summed E-state index contributed by atoms with van der Waals surface area (Å²) in [6.45, 7) is 8.00. The van der Waals surface area contributed by atoms with Gasteiger partial charge in [0.25, 0.3) is 0 Å². The zero-order valence-electron chi connectivity index (χ0n) is 12.2. The second-order valence-corrected chi connectivity index (χ2v) is 5.66. The number of likely N-dealkylation sites (N-methyl/N-ethyl adjacent to an activating group) is 1. The molecule has 0 aliphatic carbocycles. The van der Waals surface area contributed by atoms with Crippen LogP contribution in [0.2, 0.25) is 0 Å². The third kappa shape index (κ3) is 4.18. The summed E-state index contributed by atoms with van der Waals surface area (Å²) in [4.78, 5) is 6.73. The topological polar surface area (TPSA) is 37.4 Å². The number of rotatable bonds is 6. The summed E-state index contributed by atoms with van der Waals surface area (Å²) in [6, 6.07) is 4.74. The monoisotopic (exact) mass is 263 g/mol. The van der Waals surface area contributed by atoms with E-state index in [2.05, 4.69) is 48.2 Å². The zero-order valence-corrected chi connectivity index (χ0v) is 12.2. The normalized spacial score (nSPS) is 19.1. The second kappa shape index (κ2) is 6.87. The maximum atomic E-state index is 5.45. The van der Waals surface area contributed by atoms with Crippen LogP contribution in [0.25, 0.3) is 0 Å². The molecule has 1 N–H and O–H groups in total. The molecule has 106 valence electrons. The summed E-state index contributed by atoms with van der Waals surface area (Å²) in [5.41, 5.74) is 2.33. The van der Waals surface area contributed by atoms with Gasteiger partial charge < -0.3 is 15.0 Å². The number of pyridine rings is 1. The average molecular weight is 263 g/mol. The van der Waals surface area contributed by atoms with Crippen molar-refractivity contribution in [1.29, 1.82) is 0 Å². The van der Waals surface area contributed by atoms with Gasteiger partial charge in [-0.05, 0) is 31.0 Å². The highest BCUT2D eigenvalue weighted by molar-refractivity contribution is 5.47. The van der Waals surface area contributed by atoms with E-state index in [0.717, 1.165) is 38.4 Å². The van der Waals surface area contributed by atoms with E-state index >= 15 is 0 Å². The average Bonchev–Trinajstić information content (AvgIpc) is 2.91. The first-order valence-corrected chi connectivity index (χ1v) is 7.13. The number of aromatic nitrogens is 1. The minimum atomic E-state index is 0.499. The van der Waals surface area contributed by atoms with Gasteiger partial charge >= 0.3 is 0 Å². The van der Waals surface area contributed by atoms with Crippen molar-refractivity contribution in [3.05, 3.63) is 24.0 Å². The molecule has 1 aliphatic rings. The predicted octanol–water partition coefficient (Wildman–Crippen LogP) is 2.05. The number of nitrogens with zero attached hydrogens (tertiary/aromatic N) is 2. The van der Waals surface area contributed by atoms with Crippen molar-refractivity contribution in [2.45, 2.75) is 32.9 Å². The molecule has 0 saturated carbocycles. The lowest BCUT2D eigenvalue weighted by molar-refractivity contribution is 0.193. The summed E-state index contributed by atoms with van der Waals surface area (Å²) < 4.78 is 5.45. The molecule has 1 unspecified atom stereocenters. The van der Waals surface area contributed by atoms with Crippen LogP contribution < -0.4 is 10.2 Å². The standard InChI is InChI=1S/C15H25N3O/c1-12(2)9-16-10-13-8-14(4-6-17-13)18(3)15-5-7-19-11-15/h4,6,8,12,15-16H,5,7,9-11H2,1-3H3. The Kier molecular flexibility index (Phi) is 5.16. The van der Waals surface area contributed by atoms with Crippen LogP contribution in [0.5, 0.6) is 0 Å². The Labute approximate surface area is 116 Å². The van der Waals surface area contributed by atoms with Crippen LogP contribution in [0.15, 0.2) is 18.3 Å². The fraction of sp³-hybridized carbons (Fsp3) is 0.667. The van der Waals surface area contributed by atoms with Crippen LogP contribution in [0.3, 0.4) is 0 Å². The minimum absolute atomic E-state index is 0.499. The number of nitrogens with one attached hydrogen (secondary N) is 1. The number of hydrogen-bond donors (Lipinski definition) is 1. The Balaban J connectivity index is 1.94. The molecule has 2 heterocycles. The van der Waals surface area contributed by atoms with Gasteiger partial charge in [-0.2, -0.15) is 0 Å². The zero-order chi connectivity index (χ0) is 13.7. The van der Waals surface area contributed by atoms with Crippen LogP contribution in [-0.4, -0.2) is 37.8 Å². The van der Waals surface area contributed by atoms with E-state index in [1.54, 1.807) is 0 Å². The Morgan fingerprint density at radius 1 is 1.53 bits per heavy atom. The number of hydrogen-bond acceptors (Lipinski definition) is 4. The number of ether oxygens (including phenoxy) is 1. The maximum Gasteiger partial charge on any atom is 0.0670 e. The van der Waals surface area contributed by atoms with Crippen molar-refractivity contribution in [3.63, 3.8) is 0 Å². The van der Waals surface area contributed by atoms with Gasteiger partial charge in [-0.1, -0.05) is 13.8 Å². The third-order valence-electron chi connectivity index (χ3n) is 3.52. The van der Waals surface area contributed by atoms with Gasteiger partial charge in [-0.3, -0.25) is 4.98 Å². The molecular weight excluding hydrogens is 238 g/mol. The smallest absolute Gasteiger partial charge is 0.0670 e. The third-order valence-corrected chi connectivity index (χ3v) is 3.52. The largest absolute Gasteiger partial charge is 0.379 e. The van der Waals surface area contributed by atoms with Gasteiger partial charge in [-0.25, -0.2) is 0 Å². The van der Waals surface area contributed by atoms with Gasteiger partial charge in [0.05, 0.1) is 18.3 Å². The Hall–Kier alpha value is -1.13. The Morgan fingerprint density at radius 2 is 2.37 bits per heavy atom. The van der Waals surface area contributed by atoms with E-state index in [1.807, 2.05) is 6.20 Å². The molecule has 1 atom stereocenters. The van der Waals surface area contributed by atoms with E-state index in [4.69, 9.17) is 4.74 Å². The summed E-state index contributed by atoms with van der Waals surface area (Å²) in [7, 11) is 2.14. The van der Waals surface area contributed by atoms with E-state index in [-0.39, 0.29) is 0 Å². The highest BCUT2D eigenvalue weighted by Crippen LogP contribution is 2.20. The van der Waals surface area contributed by atoms with Crippen LogP contribution in [0.4, 0.5) is 5.69 Å². The van der Waals surface area contributed by atoms with Gasteiger partial charge in [0, 0.05) is 32.1 Å². The SMILES string of the molecule is CC(C)CNCc1cc(N(C)C2CCOC2)ccn1. The second-order valence-electron chi connectivity index (χ2n) is 5.66. The lowest BCUT2D eigenvalue weighted by Gasteiger charge is -2.25. The van der Waals surface area contributed by atoms with Crippen molar-refractivity contribution in [3.8, 4) is 0 Å². The van der Waals surface area contributed by atoms with Crippen LogP contribution in [0.1, 0.15) is 26.0 Å². The summed E-state index contributed by atoms with van der Waals surface area (Å²) >= 11 is 0. The minimum Gasteiger partial charge on any atom is -0.379 e. The first kappa shape index (κ1) is 14.3.